The second kappa shape index (κ2) is 10.6. The molecule has 0 bridgehead atoms. The Morgan fingerprint density at radius 3 is 2.49 bits per heavy atom. The van der Waals surface area contributed by atoms with Crippen molar-refractivity contribution < 1.29 is 10.2 Å². The first-order chi connectivity index (χ1) is 16.7. The highest BCUT2D eigenvalue weighted by atomic mass is 35.5. The van der Waals surface area contributed by atoms with Crippen LogP contribution in [0.25, 0.3) is 5.70 Å². The fraction of sp³-hybridized carbons (Fsp3) is 0.296. The van der Waals surface area contributed by atoms with Crippen molar-refractivity contribution >= 4 is 34.6 Å². The Kier molecular flexibility index (Phi) is 7.69. The van der Waals surface area contributed by atoms with E-state index in [0.29, 0.717) is 46.6 Å². The van der Waals surface area contributed by atoms with E-state index in [2.05, 4.69) is 21.4 Å². The molecule has 1 aromatic heterocycles. The number of rotatable bonds is 7. The Balaban J connectivity index is 1.60. The molecule has 1 aliphatic rings. The molecule has 8 heteroatoms. The lowest BCUT2D eigenvalue weighted by Crippen LogP contribution is -2.52. The fourth-order valence-corrected chi connectivity index (χ4v) is 4.96. The molecule has 184 valence electrons. The second-order valence-electron chi connectivity index (χ2n) is 9.16. The minimum absolute atomic E-state index is 0.00358. The van der Waals surface area contributed by atoms with Crippen molar-refractivity contribution in [1.82, 2.24) is 9.88 Å². The van der Waals surface area contributed by atoms with Gasteiger partial charge in [0.2, 0.25) is 0 Å². The van der Waals surface area contributed by atoms with Crippen LogP contribution in [-0.4, -0.2) is 46.3 Å². The molecule has 1 saturated heterocycles. The summed E-state index contributed by atoms with van der Waals surface area (Å²) in [7, 11) is 0. The Hall–Kier alpha value is -2.61. The van der Waals surface area contributed by atoms with Gasteiger partial charge in [-0.2, -0.15) is 0 Å². The Labute approximate surface area is 216 Å². The molecule has 4 N–H and O–H groups in total. The summed E-state index contributed by atoms with van der Waals surface area (Å²) in [5.74, 6) is 0. The largest absolute Gasteiger partial charge is 0.399 e. The zero-order valence-corrected chi connectivity index (χ0v) is 21.2. The van der Waals surface area contributed by atoms with Crippen LogP contribution in [0.2, 0.25) is 10.0 Å². The number of pyridine rings is 1. The van der Waals surface area contributed by atoms with Gasteiger partial charge in [0.05, 0.1) is 29.1 Å². The lowest BCUT2D eigenvalue weighted by molar-refractivity contribution is 0.00997. The van der Waals surface area contributed by atoms with Crippen molar-refractivity contribution in [3.8, 4) is 0 Å². The fourth-order valence-electron chi connectivity index (χ4n) is 4.54. The molecule has 1 aliphatic heterocycles. The van der Waals surface area contributed by atoms with E-state index in [1.807, 2.05) is 48.5 Å². The molecule has 1 fully saturated rings. The highest BCUT2D eigenvalue weighted by Crippen LogP contribution is 2.37. The minimum atomic E-state index is -1.10. The Bertz CT molecular complexity index is 1180. The van der Waals surface area contributed by atoms with E-state index in [1.54, 1.807) is 19.2 Å². The highest BCUT2D eigenvalue weighted by molar-refractivity contribution is 6.33. The molecule has 4 rings (SSSR count). The normalized spacial score (nSPS) is 18.3. The monoisotopic (exact) mass is 512 g/mol. The number of benzene rings is 2. The third-order valence-electron chi connectivity index (χ3n) is 6.49. The zero-order valence-electron chi connectivity index (χ0n) is 19.7. The number of hydrogen-bond acceptors (Lipinski definition) is 6. The lowest BCUT2D eigenvalue weighted by Gasteiger charge is -2.45. The van der Waals surface area contributed by atoms with Gasteiger partial charge in [0.1, 0.15) is 5.60 Å². The summed E-state index contributed by atoms with van der Waals surface area (Å²) in [6.07, 6.45) is 1.63. The maximum absolute atomic E-state index is 11.3. The summed E-state index contributed by atoms with van der Waals surface area (Å²) in [5.41, 5.74) is 9.34. The van der Waals surface area contributed by atoms with Gasteiger partial charge in [0.25, 0.3) is 0 Å². The molecule has 0 spiro atoms. The average molecular weight is 513 g/mol. The van der Waals surface area contributed by atoms with Crippen LogP contribution in [-0.2, 0) is 12.2 Å². The number of nitrogens with two attached hydrogens (primary N) is 1. The number of piperazine rings is 1. The van der Waals surface area contributed by atoms with Crippen molar-refractivity contribution in [1.29, 1.82) is 0 Å². The first-order valence-corrected chi connectivity index (χ1v) is 12.2. The molecular weight excluding hydrogens is 483 g/mol. The van der Waals surface area contributed by atoms with Crippen molar-refractivity contribution in [2.24, 2.45) is 5.73 Å². The van der Waals surface area contributed by atoms with E-state index in [0.717, 1.165) is 23.4 Å². The molecule has 2 aromatic carbocycles. The van der Waals surface area contributed by atoms with Gasteiger partial charge in [-0.1, -0.05) is 54.0 Å². The number of β-amino-alcohol motifs (C(OH)–C–C–N with tert-alkyl or cyclic N) is 1. The van der Waals surface area contributed by atoms with Gasteiger partial charge in [-0.05, 0) is 48.4 Å². The predicted molar refractivity (Wildman–Crippen MR) is 142 cm³/mol. The third kappa shape index (κ3) is 5.80. The molecule has 3 aromatic rings. The molecule has 35 heavy (non-hydrogen) atoms. The highest BCUT2D eigenvalue weighted by Gasteiger charge is 2.34. The lowest BCUT2D eigenvalue weighted by atomic mass is 9.94. The molecule has 0 aliphatic carbocycles. The van der Waals surface area contributed by atoms with E-state index in [9.17, 15) is 10.2 Å². The van der Waals surface area contributed by atoms with Gasteiger partial charge in [-0.3, -0.25) is 9.88 Å². The first kappa shape index (κ1) is 25.5. The minimum Gasteiger partial charge on any atom is -0.399 e. The van der Waals surface area contributed by atoms with Gasteiger partial charge in [0, 0.05) is 48.7 Å². The topological polar surface area (TPSA) is 85.9 Å². The number of nitrogens with zero attached hydrogens (tertiary/aromatic N) is 3. The Morgan fingerprint density at radius 2 is 1.89 bits per heavy atom. The van der Waals surface area contributed by atoms with Crippen LogP contribution < -0.4 is 10.6 Å². The molecule has 2 heterocycles. The van der Waals surface area contributed by atoms with Crippen LogP contribution in [0.15, 0.2) is 67.4 Å². The number of aromatic nitrogens is 1. The number of aliphatic hydroxyl groups excluding tert-OH is 1. The zero-order chi connectivity index (χ0) is 25.2. The number of hydrogen-bond donors (Lipinski definition) is 3. The molecule has 0 saturated carbocycles. The van der Waals surface area contributed by atoms with Gasteiger partial charge in [-0.25, -0.2) is 0 Å². The molecule has 0 amide bonds. The number of halogens is 2. The van der Waals surface area contributed by atoms with Crippen molar-refractivity contribution in [3.63, 3.8) is 0 Å². The molecular formula is C27H30Cl2N4O2. The molecule has 0 radical (unpaired) electrons. The van der Waals surface area contributed by atoms with Crippen LogP contribution in [0, 0.1) is 0 Å². The van der Waals surface area contributed by atoms with Crippen molar-refractivity contribution in [2.75, 3.05) is 31.1 Å². The van der Waals surface area contributed by atoms with Crippen molar-refractivity contribution in [2.45, 2.75) is 25.2 Å². The summed E-state index contributed by atoms with van der Waals surface area (Å²) >= 11 is 12.9. The predicted octanol–water partition coefficient (Wildman–Crippen LogP) is 4.58. The van der Waals surface area contributed by atoms with Gasteiger partial charge in [0.15, 0.2) is 0 Å². The summed E-state index contributed by atoms with van der Waals surface area (Å²) in [6, 6.07) is 17.2. The number of aliphatic hydroxyl groups is 2. The molecule has 6 nitrogen and oxygen atoms in total. The maximum atomic E-state index is 11.3. The van der Waals surface area contributed by atoms with Crippen LogP contribution in [0.3, 0.4) is 0 Å². The second-order valence-corrected chi connectivity index (χ2v) is 10.0. The summed E-state index contributed by atoms with van der Waals surface area (Å²) in [4.78, 5) is 8.77. The van der Waals surface area contributed by atoms with Crippen LogP contribution in [0.4, 0.5) is 5.69 Å². The quantitative estimate of drug-likeness (QED) is 0.429. The first-order valence-electron chi connectivity index (χ1n) is 11.5. The average Bonchev–Trinajstić information content (AvgIpc) is 2.84. The van der Waals surface area contributed by atoms with Crippen molar-refractivity contribution in [3.05, 3.63) is 99.8 Å². The summed E-state index contributed by atoms with van der Waals surface area (Å²) in [6.45, 7) is 8.04. The molecule has 0 unspecified atom stereocenters. The van der Waals surface area contributed by atoms with E-state index in [-0.39, 0.29) is 12.6 Å². The van der Waals surface area contributed by atoms with Crippen LogP contribution >= 0.6 is 23.2 Å². The van der Waals surface area contributed by atoms with E-state index in [4.69, 9.17) is 28.9 Å². The smallest absolute Gasteiger partial charge is 0.101 e. The number of anilines is 1. The maximum Gasteiger partial charge on any atom is 0.101 e. The van der Waals surface area contributed by atoms with Gasteiger partial charge >= 0.3 is 0 Å². The SMILES string of the molecule is C=C(N)c1ccc(N2CCN(C[C@@](C)(O)c3ccc(CO)nc3)C[C@H]2c2ccc(Cl)cc2)c(Cl)c1. The summed E-state index contributed by atoms with van der Waals surface area (Å²) in [5, 5.41) is 21.8. The van der Waals surface area contributed by atoms with Gasteiger partial charge in [-0.15, -0.1) is 0 Å². The van der Waals surface area contributed by atoms with Crippen LogP contribution in [0.5, 0.6) is 0 Å². The standard InChI is InChI=1S/C27H30Cl2N4O2/c1-18(30)20-5-10-25(24(29)13-20)33-12-11-32(15-26(33)19-3-7-22(28)8-4-19)17-27(2,35)21-6-9-23(16-34)31-14-21/h3-10,13-14,26,34-35H,1,11-12,15-17,30H2,2H3/t26-,27+/m0/s1. The summed E-state index contributed by atoms with van der Waals surface area (Å²) < 4.78 is 0. The van der Waals surface area contributed by atoms with E-state index < -0.39 is 5.60 Å². The third-order valence-corrected chi connectivity index (χ3v) is 7.04. The van der Waals surface area contributed by atoms with Crippen LogP contribution in [0.1, 0.15) is 35.3 Å². The van der Waals surface area contributed by atoms with E-state index in [1.165, 1.54) is 0 Å². The Morgan fingerprint density at radius 1 is 1.14 bits per heavy atom. The molecule has 2 atom stereocenters. The van der Waals surface area contributed by atoms with Gasteiger partial charge < -0.3 is 20.8 Å². The van der Waals surface area contributed by atoms with E-state index >= 15 is 0 Å².